The number of hydrogen-bond donors (Lipinski definition) is 2. The van der Waals surface area contributed by atoms with E-state index in [0.717, 1.165) is 23.4 Å². The third-order valence-corrected chi connectivity index (χ3v) is 9.48. The minimum Gasteiger partial charge on any atom is -0.378 e. The topological polar surface area (TPSA) is 112 Å². The Morgan fingerprint density at radius 3 is 2.60 bits per heavy atom. The third-order valence-electron chi connectivity index (χ3n) is 6.99. The van der Waals surface area contributed by atoms with Crippen molar-refractivity contribution in [2.24, 2.45) is 0 Å². The molecule has 0 unspecified atom stereocenters. The van der Waals surface area contributed by atoms with Gasteiger partial charge in [-0.05, 0) is 69.0 Å². The van der Waals surface area contributed by atoms with E-state index in [4.69, 9.17) is 4.74 Å². The molecule has 0 aromatic heterocycles. The molecule has 2 atom stereocenters. The highest BCUT2D eigenvalue weighted by molar-refractivity contribution is 7.99. The van der Waals surface area contributed by atoms with Crippen LogP contribution in [0.15, 0.2) is 46.2 Å². The average molecular weight is 597 g/mol. The molecule has 0 spiro atoms. The molecular weight excluding hydrogens is 565 g/mol. The van der Waals surface area contributed by atoms with Crippen LogP contribution >= 0.6 is 11.8 Å². The number of carbonyl (C=O) groups excluding carboxylic acids is 1. The molecule has 0 aliphatic carbocycles. The second kappa shape index (κ2) is 12.8. The predicted octanol–water partition coefficient (Wildman–Crippen LogP) is 4.22. The number of alkyl halides is 1. The van der Waals surface area contributed by atoms with Gasteiger partial charge in [-0.15, -0.1) is 11.8 Å². The van der Waals surface area contributed by atoms with Crippen LogP contribution in [0.1, 0.15) is 38.2 Å². The van der Waals surface area contributed by atoms with E-state index in [1.54, 1.807) is 12.1 Å². The van der Waals surface area contributed by atoms with Gasteiger partial charge in [0.15, 0.2) is 0 Å². The molecule has 2 aliphatic rings. The lowest BCUT2D eigenvalue weighted by Gasteiger charge is -2.35. The number of carbonyl (C=O) groups is 1. The molecule has 2 aromatic rings. The number of nitrogens with one attached hydrogen (secondary N) is 2. The maximum Gasteiger partial charge on any atom is 0.265 e. The Morgan fingerprint density at radius 2 is 1.98 bits per heavy atom. The Balaban J connectivity index is 1.51. The fourth-order valence-electron chi connectivity index (χ4n) is 4.53. The number of benzene rings is 2. The van der Waals surface area contributed by atoms with E-state index in [0.29, 0.717) is 51.3 Å². The van der Waals surface area contributed by atoms with Gasteiger partial charge in [0.1, 0.15) is 29.5 Å². The smallest absolute Gasteiger partial charge is 0.265 e. The summed E-state index contributed by atoms with van der Waals surface area (Å²) in [6.45, 7) is 2.99. The molecule has 13 heteroatoms. The Kier molecular flexibility index (Phi) is 9.66. The maximum atomic E-state index is 15.4. The van der Waals surface area contributed by atoms with Crippen molar-refractivity contribution in [3.8, 4) is 6.07 Å². The summed E-state index contributed by atoms with van der Waals surface area (Å²) >= 11 is 1.40. The summed E-state index contributed by atoms with van der Waals surface area (Å²) in [6.07, 6.45) is 1.42. The van der Waals surface area contributed by atoms with Gasteiger partial charge >= 0.3 is 0 Å². The fourth-order valence-corrected chi connectivity index (χ4v) is 6.61. The number of sulfonamides is 1. The average Bonchev–Trinajstić information content (AvgIpc) is 2.90. The summed E-state index contributed by atoms with van der Waals surface area (Å²) in [5.74, 6) is -1.79. The first-order chi connectivity index (χ1) is 19.0. The van der Waals surface area contributed by atoms with Crippen molar-refractivity contribution >= 4 is 33.4 Å². The van der Waals surface area contributed by atoms with E-state index in [9.17, 15) is 27.3 Å². The minimum atomic E-state index is -4.49. The van der Waals surface area contributed by atoms with Crippen molar-refractivity contribution in [2.45, 2.75) is 60.2 Å². The molecule has 2 saturated heterocycles. The van der Waals surface area contributed by atoms with Gasteiger partial charge in [0.05, 0.1) is 16.1 Å². The Hall–Kier alpha value is -2.79. The molecule has 1 amide bonds. The lowest BCUT2D eigenvalue weighted by atomic mass is 9.95. The summed E-state index contributed by atoms with van der Waals surface area (Å²) in [7, 11) is -4.49. The number of amides is 1. The second-order valence-corrected chi connectivity index (χ2v) is 12.9. The van der Waals surface area contributed by atoms with Crippen molar-refractivity contribution in [2.75, 3.05) is 37.3 Å². The number of hydrogen-bond acceptors (Lipinski definition) is 8. The first-order valence-corrected chi connectivity index (χ1v) is 15.4. The SMILES string of the molecule is C[C@]1(C(=O)NS(=O)(=O)c2cc(F)c(N[C@H](CCN3CC(F)C3)CSc3ccc(F)cc3)c(C#N)c2)CCCCO1. The first kappa shape index (κ1) is 30.2. The number of nitriles is 1. The van der Waals surface area contributed by atoms with Gasteiger partial charge in [0.25, 0.3) is 15.9 Å². The van der Waals surface area contributed by atoms with Crippen LogP contribution in [0.25, 0.3) is 0 Å². The van der Waals surface area contributed by atoms with Crippen LogP contribution in [0.5, 0.6) is 0 Å². The summed E-state index contributed by atoms with van der Waals surface area (Å²) in [4.78, 5) is 14.8. The zero-order valence-electron chi connectivity index (χ0n) is 22.0. The minimum absolute atomic E-state index is 0.174. The Labute approximate surface area is 236 Å². The Morgan fingerprint density at radius 1 is 1.25 bits per heavy atom. The standard InChI is InChI=1S/C27H31F3N4O4S2/c1-27(9-2-3-11-38-27)26(35)33-40(36,37)23-12-18(14-31)25(24(30)13-23)32-21(8-10-34-15-20(29)16-34)17-39-22-6-4-19(28)5-7-22/h4-7,12-13,20-21,32H,2-3,8-11,15-17H2,1H3,(H,33,35)/t21-,27-/m1/s1. The molecule has 0 saturated carbocycles. The molecular formula is C27H31F3N4O4S2. The molecule has 4 rings (SSSR count). The van der Waals surface area contributed by atoms with E-state index in [1.807, 2.05) is 15.7 Å². The van der Waals surface area contributed by atoms with Crippen LogP contribution in [0, 0.1) is 23.0 Å². The van der Waals surface area contributed by atoms with Crippen LogP contribution in [0.2, 0.25) is 0 Å². The van der Waals surface area contributed by atoms with Gasteiger partial charge in [-0.2, -0.15) is 5.26 Å². The number of halogens is 3. The zero-order valence-corrected chi connectivity index (χ0v) is 23.6. The van der Waals surface area contributed by atoms with Gasteiger partial charge in [0, 0.05) is 42.9 Å². The molecule has 2 heterocycles. The van der Waals surface area contributed by atoms with Crippen molar-refractivity contribution in [1.82, 2.24) is 9.62 Å². The van der Waals surface area contributed by atoms with Gasteiger partial charge in [-0.25, -0.2) is 26.3 Å². The second-order valence-electron chi connectivity index (χ2n) is 10.2. The summed E-state index contributed by atoms with van der Waals surface area (Å²) in [6, 6.07) is 9.12. The highest BCUT2D eigenvalue weighted by atomic mass is 32.2. The monoisotopic (exact) mass is 596 g/mol. The molecule has 2 aliphatic heterocycles. The Bertz CT molecular complexity index is 1360. The summed E-state index contributed by atoms with van der Waals surface area (Å²) in [5.41, 5.74) is -1.75. The first-order valence-electron chi connectivity index (χ1n) is 13.0. The zero-order chi connectivity index (χ0) is 28.9. The molecule has 0 radical (unpaired) electrons. The van der Waals surface area contributed by atoms with Crippen molar-refractivity contribution in [1.29, 1.82) is 5.26 Å². The normalized spacial score (nSPS) is 20.8. The van der Waals surface area contributed by atoms with Crippen LogP contribution < -0.4 is 10.0 Å². The summed E-state index contributed by atoms with van der Waals surface area (Å²) < 4.78 is 75.3. The fraction of sp³-hybridized carbons (Fsp3) is 0.481. The van der Waals surface area contributed by atoms with Crippen molar-refractivity contribution in [3.05, 3.63) is 53.6 Å². The van der Waals surface area contributed by atoms with Crippen LogP contribution in [0.3, 0.4) is 0 Å². The number of likely N-dealkylation sites (tertiary alicyclic amines) is 1. The number of thioether (sulfide) groups is 1. The lowest BCUT2D eigenvalue weighted by molar-refractivity contribution is -0.148. The molecule has 2 N–H and O–H groups in total. The van der Waals surface area contributed by atoms with E-state index >= 15 is 4.39 Å². The molecule has 8 nitrogen and oxygen atoms in total. The number of nitrogens with zero attached hydrogens (tertiary/aromatic N) is 2. The van der Waals surface area contributed by atoms with E-state index in [-0.39, 0.29) is 23.1 Å². The number of rotatable bonds is 11. The van der Waals surface area contributed by atoms with Crippen molar-refractivity contribution in [3.63, 3.8) is 0 Å². The number of anilines is 1. The number of ether oxygens (including phenoxy) is 1. The molecule has 216 valence electrons. The van der Waals surface area contributed by atoms with E-state index in [2.05, 4.69) is 5.32 Å². The van der Waals surface area contributed by atoms with Gasteiger partial charge in [-0.1, -0.05) is 0 Å². The van der Waals surface area contributed by atoms with E-state index in [1.165, 1.54) is 30.8 Å². The van der Waals surface area contributed by atoms with Crippen LogP contribution in [-0.2, 0) is 19.6 Å². The predicted molar refractivity (Wildman–Crippen MR) is 145 cm³/mol. The molecule has 2 aromatic carbocycles. The van der Waals surface area contributed by atoms with E-state index < -0.39 is 38.4 Å². The van der Waals surface area contributed by atoms with Gasteiger partial charge in [0.2, 0.25) is 0 Å². The van der Waals surface area contributed by atoms with Gasteiger partial charge < -0.3 is 10.1 Å². The largest absolute Gasteiger partial charge is 0.378 e. The molecule has 0 bridgehead atoms. The lowest BCUT2D eigenvalue weighted by Crippen LogP contribution is -2.50. The highest BCUT2D eigenvalue weighted by Gasteiger charge is 2.38. The van der Waals surface area contributed by atoms with Crippen LogP contribution in [-0.4, -0.2) is 69.0 Å². The van der Waals surface area contributed by atoms with Gasteiger partial charge in [-0.3, -0.25) is 9.69 Å². The highest BCUT2D eigenvalue weighted by Crippen LogP contribution is 2.29. The van der Waals surface area contributed by atoms with Crippen molar-refractivity contribution < 1.29 is 31.1 Å². The molecule has 2 fully saturated rings. The third kappa shape index (κ3) is 7.48. The molecule has 40 heavy (non-hydrogen) atoms. The maximum absolute atomic E-state index is 15.4. The quantitative estimate of drug-likeness (QED) is 0.371. The summed E-state index contributed by atoms with van der Waals surface area (Å²) in [5, 5.41) is 12.8. The van der Waals surface area contributed by atoms with Crippen LogP contribution in [0.4, 0.5) is 18.9 Å².